The number of hydrogen-bond acceptors (Lipinski definition) is 3. The molecule has 5 heteroatoms. The lowest BCUT2D eigenvalue weighted by Gasteiger charge is -2.29. The number of methoxy groups -OCH3 is 1. The molecule has 1 N–H and O–H groups in total. The van der Waals surface area contributed by atoms with Gasteiger partial charge in [0.1, 0.15) is 6.04 Å². The Bertz CT molecular complexity index is 252. The van der Waals surface area contributed by atoms with Gasteiger partial charge in [0.25, 0.3) is 0 Å². The molecule has 0 aromatic carbocycles. The van der Waals surface area contributed by atoms with Gasteiger partial charge in [0.2, 0.25) is 5.91 Å². The summed E-state index contributed by atoms with van der Waals surface area (Å²) in [7, 11) is 3.00. The number of ether oxygens (including phenoxy) is 1. The van der Waals surface area contributed by atoms with Gasteiger partial charge >= 0.3 is 6.09 Å². The highest BCUT2D eigenvalue weighted by Crippen LogP contribution is 2.07. The molecular formula is C11H22N2O3. The maximum atomic E-state index is 12.0. The third-order valence-electron chi connectivity index (χ3n) is 2.51. The molecule has 0 saturated heterocycles. The van der Waals surface area contributed by atoms with Crippen LogP contribution in [-0.2, 0) is 9.53 Å². The Morgan fingerprint density at radius 2 is 1.69 bits per heavy atom. The smallest absolute Gasteiger partial charge is 0.407 e. The van der Waals surface area contributed by atoms with Crippen molar-refractivity contribution in [2.45, 2.75) is 39.8 Å². The first-order chi connectivity index (χ1) is 7.31. The van der Waals surface area contributed by atoms with Gasteiger partial charge in [-0.1, -0.05) is 13.8 Å². The van der Waals surface area contributed by atoms with Gasteiger partial charge in [-0.05, 0) is 19.8 Å². The predicted octanol–water partition coefficient (Wildman–Crippen LogP) is 1.23. The Morgan fingerprint density at radius 1 is 1.19 bits per heavy atom. The van der Waals surface area contributed by atoms with E-state index in [4.69, 9.17) is 0 Å². The Labute approximate surface area is 97.1 Å². The third-order valence-corrected chi connectivity index (χ3v) is 2.51. The second kappa shape index (κ2) is 6.35. The number of amides is 2. The summed E-state index contributed by atoms with van der Waals surface area (Å²) < 4.78 is 4.50. The molecule has 2 amide bonds. The first-order valence-corrected chi connectivity index (χ1v) is 5.42. The van der Waals surface area contributed by atoms with E-state index in [1.807, 2.05) is 27.7 Å². The summed E-state index contributed by atoms with van der Waals surface area (Å²) in [6.45, 7) is 7.61. The van der Waals surface area contributed by atoms with Crippen LogP contribution in [0.2, 0.25) is 0 Å². The molecule has 0 radical (unpaired) electrons. The summed E-state index contributed by atoms with van der Waals surface area (Å²) in [6, 6.07) is -0.437. The molecular weight excluding hydrogens is 208 g/mol. The van der Waals surface area contributed by atoms with Crippen LogP contribution in [0.25, 0.3) is 0 Å². The van der Waals surface area contributed by atoms with E-state index in [9.17, 15) is 9.59 Å². The fourth-order valence-corrected chi connectivity index (χ4v) is 1.17. The van der Waals surface area contributed by atoms with Crippen LogP contribution >= 0.6 is 0 Å². The van der Waals surface area contributed by atoms with Crippen molar-refractivity contribution in [1.82, 2.24) is 10.2 Å². The van der Waals surface area contributed by atoms with Crippen molar-refractivity contribution in [3.05, 3.63) is 0 Å². The maximum absolute atomic E-state index is 12.0. The second-order valence-corrected chi connectivity index (χ2v) is 4.40. The number of nitrogens with one attached hydrogen (secondary N) is 1. The lowest BCUT2D eigenvalue weighted by Crippen LogP contribution is -2.51. The van der Waals surface area contributed by atoms with Crippen LogP contribution in [0.15, 0.2) is 0 Å². The maximum Gasteiger partial charge on any atom is 0.407 e. The molecule has 0 aliphatic rings. The van der Waals surface area contributed by atoms with Crippen molar-refractivity contribution in [2.24, 2.45) is 5.92 Å². The SMILES string of the molecule is COC(=O)N[C@H](C(=O)N(C)C(C)C)C(C)C. The molecule has 0 fully saturated rings. The van der Waals surface area contributed by atoms with E-state index in [0.29, 0.717) is 0 Å². The van der Waals surface area contributed by atoms with E-state index in [0.717, 1.165) is 0 Å². The zero-order valence-electron chi connectivity index (χ0n) is 10.9. The molecule has 0 rings (SSSR count). The molecule has 0 aromatic rings. The van der Waals surface area contributed by atoms with Gasteiger partial charge in [-0.3, -0.25) is 4.79 Å². The van der Waals surface area contributed by atoms with Crippen LogP contribution in [0.1, 0.15) is 27.7 Å². The normalized spacial score (nSPS) is 12.5. The molecule has 5 nitrogen and oxygen atoms in total. The standard InChI is InChI=1S/C11H22N2O3/c1-7(2)9(12-11(15)16-6)10(14)13(5)8(3)4/h7-9H,1-6H3,(H,12,15)/t9-/m0/s1. The van der Waals surface area contributed by atoms with Gasteiger partial charge in [0, 0.05) is 13.1 Å². The van der Waals surface area contributed by atoms with Gasteiger partial charge in [0.05, 0.1) is 7.11 Å². The minimum atomic E-state index is -0.579. The van der Waals surface area contributed by atoms with E-state index in [1.54, 1.807) is 11.9 Å². The molecule has 0 unspecified atom stereocenters. The van der Waals surface area contributed by atoms with Crippen LogP contribution in [0.4, 0.5) is 4.79 Å². The fourth-order valence-electron chi connectivity index (χ4n) is 1.17. The van der Waals surface area contributed by atoms with Gasteiger partial charge in [0.15, 0.2) is 0 Å². The first-order valence-electron chi connectivity index (χ1n) is 5.42. The van der Waals surface area contributed by atoms with E-state index < -0.39 is 12.1 Å². The van der Waals surface area contributed by atoms with Gasteiger partial charge < -0.3 is 15.0 Å². The molecule has 0 heterocycles. The average Bonchev–Trinajstić information content (AvgIpc) is 2.22. The van der Waals surface area contributed by atoms with Gasteiger partial charge in [-0.15, -0.1) is 0 Å². The fraction of sp³-hybridized carbons (Fsp3) is 0.818. The van der Waals surface area contributed by atoms with Crippen LogP contribution in [0, 0.1) is 5.92 Å². The molecule has 94 valence electrons. The molecule has 16 heavy (non-hydrogen) atoms. The van der Waals surface area contributed by atoms with Crippen molar-refractivity contribution in [3.8, 4) is 0 Å². The minimum Gasteiger partial charge on any atom is -0.453 e. The molecule has 0 bridgehead atoms. The number of likely N-dealkylation sites (N-methyl/N-ethyl adjacent to an activating group) is 1. The summed E-state index contributed by atoms with van der Waals surface area (Å²) in [4.78, 5) is 24.8. The zero-order valence-corrected chi connectivity index (χ0v) is 10.9. The Kier molecular flexibility index (Phi) is 5.85. The minimum absolute atomic E-state index is 0.0211. The Hall–Kier alpha value is -1.26. The Morgan fingerprint density at radius 3 is 2.00 bits per heavy atom. The summed E-state index contributed by atoms with van der Waals surface area (Å²) in [5.74, 6) is -0.0804. The van der Waals surface area contributed by atoms with E-state index in [2.05, 4.69) is 10.1 Å². The lowest BCUT2D eigenvalue weighted by molar-refractivity contribution is -0.134. The van der Waals surface area contributed by atoms with Crippen molar-refractivity contribution < 1.29 is 14.3 Å². The van der Waals surface area contributed by atoms with Crippen LogP contribution < -0.4 is 5.32 Å². The molecule has 0 aromatic heterocycles. The number of hydrogen-bond donors (Lipinski definition) is 1. The molecule has 1 atom stereocenters. The molecule has 0 saturated carbocycles. The highest BCUT2D eigenvalue weighted by atomic mass is 16.5. The monoisotopic (exact) mass is 230 g/mol. The number of carbonyl (C=O) groups is 2. The van der Waals surface area contributed by atoms with Crippen LogP contribution in [0.5, 0.6) is 0 Å². The van der Waals surface area contributed by atoms with E-state index in [-0.39, 0.29) is 17.9 Å². The van der Waals surface area contributed by atoms with E-state index >= 15 is 0 Å². The van der Waals surface area contributed by atoms with Crippen LogP contribution in [0.3, 0.4) is 0 Å². The van der Waals surface area contributed by atoms with Crippen molar-refractivity contribution in [3.63, 3.8) is 0 Å². The van der Waals surface area contributed by atoms with E-state index in [1.165, 1.54) is 7.11 Å². The first kappa shape index (κ1) is 14.7. The summed E-state index contributed by atoms with van der Waals surface area (Å²) >= 11 is 0. The summed E-state index contributed by atoms with van der Waals surface area (Å²) in [5, 5.41) is 2.55. The predicted molar refractivity (Wildman–Crippen MR) is 62.1 cm³/mol. The Balaban J connectivity index is 4.66. The molecule has 0 aliphatic heterocycles. The number of rotatable bonds is 4. The van der Waals surface area contributed by atoms with Crippen molar-refractivity contribution in [2.75, 3.05) is 14.2 Å². The number of nitrogens with zero attached hydrogens (tertiary/aromatic N) is 1. The molecule has 0 aliphatic carbocycles. The van der Waals surface area contributed by atoms with Crippen LogP contribution in [-0.4, -0.2) is 43.1 Å². The topological polar surface area (TPSA) is 58.6 Å². The lowest BCUT2D eigenvalue weighted by atomic mass is 10.0. The molecule has 0 spiro atoms. The van der Waals surface area contributed by atoms with Crippen molar-refractivity contribution >= 4 is 12.0 Å². The quantitative estimate of drug-likeness (QED) is 0.790. The van der Waals surface area contributed by atoms with Crippen molar-refractivity contribution in [1.29, 1.82) is 0 Å². The highest BCUT2D eigenvalue weighted by molar-refractivity contribution is 5.85. The zero-order chi connectivity index (χ0) is 12.9. The largest absolute Gasteiger partial charge is 0.453 e. The second-order valence-electron chi connectivity index (χ2n) is 4.40. The number of alkyl carbamates (subject to hydrolysis) is 1. The summed E-state index contributed by atoms with van der Waals surface area (Å²) in [5.41, 5.74) is 0. The van der Waals surface area contributed by atoms with Gasteiger partial charge in [-0.25, -0.2) is 4.79 Å². The summed E-state index contributed by atoms with van der Waals surface area (Å²) in [6.07, 6.45) is -0.579. The average molecular weight is 230 g/mol. The highest BCUT2D eigenvalue weighted by Gasteiger charge is 2.28. The van der Waals surface area contributed by atoms with Gasteiger partial charge in [-0.2, -0.15) is 0 Å². The third kappa shape index (κ3) is 4.08. The number of carbonyl (C=O) groups excluding carboxylic acids is 2.